The molecule has 0 bridgehead atoms. The highest BCUT2D eigenvalue weighted by atomic mass is 16.5. The second-order valence-electron chi connectivity index (χ2n) is 5.49. The molecule has 2 aliphatic heterocycles. The largest absolute Gasteiger partial charge is 0.493 e. The van der Waals surface area contributed by atoms with Gasteiger partial charge in [0.05, 0.1) is 44.7 Å². The summed E-state index contributed by atoms with van der Waals surface area (Å²) in [6.07, 6.45) is 0. The van der Waals surface area contributed by atoms with Gasteiger partial charge in [0.1, 0.15) is 0 Å². The van der Waals surface area contributed by atoms with E-state index in [1.807, 2.05) is 0 Å². The quantitative estimate of drug-likeness (QED) is 0.712. The highest BCUT2D eigenvalue weighted by molar-refractivity contribution is 6.01. The molecule has 0 aliphatic carbocycles. The minimum atomic E-state index is -0.579. The second kappa shape index (κ2) is 6.40. The first-order valence-electron chi connectivity index (χ1n) is 7.51. The molecule has 8 nitrogen and oxygen atoms in total. The average molecular weight is 333 g/mol. The number of methoxy groups -OCH3 is 2. The number of hydrogen-bond acceptors (Lipinski definition) is 5. The van der Waals surface area contributed by atoms with Crippen molar-refractivity contribution in [1.29, 1.82) is 0 Å². The Labute approximate surface area is 139 Å². The Hall–Kier alpha value is -2.74. The number of aliphatic hydroxyl groups is 1. The van der Waals surface area contributed by atoms with Crippen LogP contribution in [-0.4, -0.2) is 55.9 Å². The summed E-state index contributed by atoms with van der Waals surface area (Å²) < 4.78 is 10.5. The summed E-state index contributed by atoms with van der Waals surface area (Å²) in [6, 6.07) is 4.30. The zero-order chi connectivity index (χ0) is 17.3. The molecule has 0 fully saturated rings. The third-order valence-corrected chi connectivity index (χ3v) is 4.13. The third-order valence-electron chi connectivity index (χ3n) is 4.13. The van der Waals surface area contributed by atoms with Gasteiger partial charge in [-0.15, -0.1) is 0 Å². The van der Waals surface area contributed by atoms with Gasteiger partial charge in [-0.25, -0.2) is 4.79 Å². The summed E-state index contributed by atoms with van der Waals surface area (Å²) in [5.74, 6) is 0.879. The van der Waals surface area contributed by atoms with Crippen LogP contribution in [0.2, 0.25) is 0 Å². The van der Waals surface area contributed by atoms with Gasteiger partial charge in [0.2, 0.25) is 0 Å². The standard InChI is InChI=1S/C16H19N3O5/c1-23-11-4-3-9(7-12(11)24-2)14-13-10(17-16(22)18-14)8-19(5-6-20)15(13)21/h3-4,7,14,20H,5-6,8H2,1-2H3,(H2,17,18,22). The van der Waals surface area contributed by atoms with E-state index in [1.54, 1.807) is 18.2 Å². The van der Waals surface area contributed by atoms with Crippen molar-refractivity contribution in [2.75, 3.05) is 33.9 Å². The van der Waals surface area contributed by atoms with Crippen LogP contribution in [0.1, 0.15) is 11.6 Å². The van der Waals surface area contributed by atoms with Crippen LogP contribution in [-0.2, 0) is 4.79 Å². The van der Waals surface area contributed by atoms with Crippen LogP contribution < -0.4 is 20.1 Å². The third kappa shape index (κ3) is 2.65. The number of carbonyl (C=O) groups excluding carboxylic acids is 2. The Bertz CT molecular complexity index is 716. The maximum absolute atomic E-state index is 12.6. The minimum absolute atomic E-state index is 0.130. The summed E-state index contributed by atoms with van der Waals surface area (Å²) in [5, 5.41) is 14.5. The van der Waals surface area contributed by atoms with Gasteiger partial charge >= 0.3 is 6.03 Å². The van der Waals surface area contributed by atoms with Crippen molar-refractivity contribution in [3.05, 3.63) is 35.0 Å². The zero-order valence-corrected chi connectivity index (χ0v) is 13.5. The molecule has 0 radical (unpaired) electrons. The number of carbonyl (C=O) groups is 2. The lowest BCUT2D eigenvalue weighted by molar-refractivity contribution is -0.126. The maximum Gasteiger partial charge on any atom is 0.319 e. The Morgan fingerprint density at radius 2 is 2.00 bits per heavy atom. The van der Waals surface area contributed by atoms with E-state index < -0.39 is 6.04 Å². The molecule has 128 valence electrons. The number of urea groups is 1. The molecule has 3 amide bonds. The van der Waals surface area contributed by atoms with Gasteiger partial charge in [-0.3, -0.25) is 4.79 Å². The number of aliphatic hydroxyl groups excluding tert-OH is 1. The Kier molecular flexibility index (Phi) is 4.30. The van der Waals surface area contributed by atoms with Crippen LogP contribution in [0.15, 0.2) is 29.5 Å². The van der Waals surface area contributed by atoms with E-state index in [0.717, 1.165) is 0 Å². The summed E-state index contributed by atoms with van der Waals surface area (Å²) in [4.78, 5) is 26.1. The van der Waals surface area contributed by atoms with E-state index in [2.05, 4.69) is 10.6 Å². The fourth-order valence-corrected chi connectivity index (χ4v) is 3.01. The molecule has 0 aromatic heterocycles. The molecule has 24 heavy (non-hydrogen) atoms. The predicted octanol–water partition coefficient (Wildman–Crippen LogP) is 0.146. The van der Waals surface area contributed by atoms with Crippen molar-refractivity contribution in [3.63, 3.8) is 0 Å². The molecule has 2 aliphatic rings. The number of hydrogen-bond donors (Lipinski definition) is 3. The second-order valence-corrected chi connectivity index (χ2v) is 5.49. The van der Waals surface area contributed by atoms with Crippen LogP contribution in [0, 0.1) is 0 Å². The predicted molar refractivity (Wildman–Crippen MR) is 84.6 cm³/mol. The van der Waals surface area contributed by atoms with Crippen molar-refractivity contribution >= 4 is 11.9 Å². The number of nitrogens with one attached hydrogen (secondary N) is 2. The molecule has 0 saturated heterocycles. The van der Waals surface area contributed by atoms with Crippen LogP contribution in [0.25, 0.3) is 0 Å². The van der Waals surface area contributed by atoms with Crippen molar-refractivity contribution < 1.29 is 24.2 Å². The molecule has 0 spiro atoms. The highest BCUT2D eigenvalue weighted by Gasteiger charge is 2.40. The number of nitrogens with zero attached hydrogens (tertiary/aromatic N) is 1. The van der Waals surface area contributed by atoms with Gasteiger partial charge in [-0.1, -0.05) is 6.07 Å². The molecule has 3 rings (SSSR count). The Morgan fingerprint density at radius 3 is 2.67 bits per heavy atom. The van der Waals surface area contributed by atoms with Crippen LogP contribution in [0.3, 0.4) is 0 Å². The maximum atomic E-state index is 12.6. The first-order chi connectivity index (χ1) is 11.6. The molecular weight excluding hydrogens is 314 g/mol. The lowest BCUT2D eigenvalue weighted by atomic mass is 9.96. The number of ether oxygens (including phenoxy) is 2. The molecule has 1 atom stereocenters. The van der Waals surface area contributed by atoms with Gasteiger partial charge in [0.15, 0.2) is 11.5 Å². The van der Waals surface area contributed by atoms with Crippen molar-refractivity contribution in [2.45, 2.75) is 6.04 Å². The van der Waals surface area contributed by atoms with Crippen LogP contribution in [0.4, 0.5) is 4.79 Å². The van der Waals surface area contributed by atoms with Crippen molar-refractivity contribution in [2.24, 2.45) is 0 Å². The summed E-state index contributed by atoms with van der Waals surface area (Å²) in [7, 11) is 3.06. The van der Waals surface area contributed by atoms with Crippen LogP contribution >= 0.6 is 0 Å². The minimum Gasteiger partial charge on any atom is -0.493 e. The van der Waals surface area contributed by atoms with Crippen molar-refractivity contribution in [3.8, 4) is 11.5 Å². The van der Waals surface area contributed by atoms with Crippen LogP contribution in [0.5, 0.6) is 11.5 Å². The molecular formula is C16H19N3O5. The number of benzene rings is 1. The van der Waals surface area contributed by atoms with E-state index in [0.29, 0.717) is 28.3 Å². The fraction of sp³-hybridized carbons (Fsp3) is 0.375. The molecule has 0 saturated carbocycles. The van der Waals surface area contributed by atoms with E-state index in [1.165, 1.54) is 19.1 Å². The SMILES string of the molecule is COc1ccc(C2NC(=O)NC3=C2C(=O)N(CCO)C3)cc1OC. The lowest BCUT2D eigenvalue weighted by Crippen LogP contribution is -2.44. The number of β-amino-alcohol motifs (C(OH)–C–C–N with tert-alkyl or cyclic N) is 1. The number of rotatable bonds is 5. The van der Waals surface area contributed by atoms with E-state index in [4.69, 9.17) is 14.6 Å². The van der Waals surface area contributed by atoms with E-state index in [-0.39, 0.29) is 31.6 Å². The lowest BCUT2D eigenvalue weighted by Gasteiger charge is -2.26. The molecule has 1 aromatic rings. The summed E-state index contributed by atoms with van der Waals surface area (Å²) in [6.45, 7) is 0.376. The Balaban J connectivity index is 1.99. The molecule has 3 N–H and O–H groups in total. The first-order valence-corrected chi connectivity index (χ1v) is 7.51. The van der Waals surface area contributed by atoms with Gasteiger partial charge in [-0.05, 0) is 17.7 Å². The van der Waals surface area contributed by atoms with Gasteiger partial charge in [-0.2, -0.15) is 0 Å². The van der Waals surface area contributed by atoms with E-state index in [9.17, 15) is 9.59 Å². The smallest absolute Gasteiger partial charge is 0.319 e. The number of amides is 3. The Morgan fingerprint density at radius 1 is 1.25 bits per heavy atom. The monoisotopic (exact) mass is 333 g/mol. The summed E-state index contributed by atoms with van der Waals surface area (Å²) >= 11 is 0. The molecule has 8 heteroatoms. The molecule has 1 aromatic carbocycles. The van der Waals surface area contributed by atoms with E-state index >= 15 is 0 Å². The molecule has 1 unspecified atom stereocenters. The van der Waals surface area contributed by atoms with Crippen molar-refractivity contribution in [1.82, 2.24) is 15.5 Å². The highest BCUT2D eigenvalue weighted by Crippen LogP contribution is 2.36. The zero-order valence-electron chi connectivity index (χ0n) is 13.5. The topological polar surface area (TPSA) is 100 Å². The summed E-state index contributed by atoms with van der Waals surface area (Å²) in [5.41, 5.74) is 1.77. The average Bonchev–Trinajstić information content (AvgIpc) is 2.89. The first kappa shape index (κ1) is 16.1. The van der Waals surface area contributed by atoms with Gasteiger partial charge in [0, 0.05) is 6.54 Å². The van der Waals surface area contributed by atoms with Gasteiger partial charge < -0.3 is 30.1 Å². The normalized spacial score (nSPS) is 19.8. The fourth-order valence-electron chi connectivity index (χ4n) is 3.01. The molecule has 2 heterocycles. The van der Waals surface area contributed by atoms with Gasteiger partial charge in [0.25, 0.3) is 5.91 Å².